The predicted octanol–water partition coefficient (Wildman–Crippen LogP) is 5.29. The van der Waals surface area contributed by atoms with Gasteiger partial charge < -0.3 is 29.5 Å². The van der Waals surface area contributed by atoms with Crippen LogP contribution in [0.2, 0.25) is 0 Å². The fourth-order valence-electron chi connectivity index (χ4n) is 5.14. The van der Waals surface area contributed by atoms with E-state index in [2.05, 4.69) is 35.6 Å². The third-order valence-electron chi connectivity index (χ3n) is 7.47. The fourth-order valence-corrected chi connectivity index (χ4v) is 5.14. The Labute approximate surface area is 213 Å². The molecule has 2 N–H and O–H groups in total. The number of rotatable bonds is 11. The Hall–Kier alpha value is -2.77. The average molecular weight is 495 g/mol. The minimum Gasteiger partial charge on any atom is -0.494 e. The zero-order valence-electron chi connectivity index (χ0n) is 21.0. The summed E-state index contributed by atoms with van der Waals surface area (Å²) in [5.74, 6) is 1.79. The molecule has 2 atom stereocenters. The Kier molecular flexibility index (Phi) is 8.29. The molecular weight excluding hydrogens is 456 g/mol. The van der Waals surface area contributed by atoms with E-state index in [-0.39, 0.29) is 12.0 Å². The first-order chi connectivity index (χ1) is 17.7. The third kappa shape index (κ3) is 6.71. The van der Waals surface area contributed by atoms with Crippen LogP contribution >= 0.6 is 0 Å². The van der Waals surface area contributed by atoms with E-state index < -0.39 is 6.09 Å². The van der Waals surface area contributed by atoms with Gasteiger partial charge in [0.25, 0.3) is 0 Å². The van der Waals surface area contributed by atoms with Crippen LogP contribution in [0.15, 0.2) is 42.5 Å². The second kappa shape index (κ2) is 12.0. The Bertz CT molecular complexity index is 1010. The molecule has 0 aromatic heterocycles. The van der Waals surface area contributed by atoms with Crippen molar-refractivity contribution in [2.75, 3.05) is 44.8 Å². The number of benzene rings is 2. The molecule has 0 bridgehead atoms. The molecule has 3 aliphatic rings. The number of nitrogens with zero attached hydrogens (tertiary/aromatic N) is 1. The summed E-state index contributed by atoms with van der Waals surface area (Å²) < 4.78 is 17.9. The van der Waals surface area contributed by atoms with Gasteiger partial charge in [0.05, 0.1) is 25.9 Å². The Morgan fingerprint density at radius 3 is 2.75 bits per heavy atom. The molecule has 2 fully saturated rings. The molecular formula is C29H38N2O5. The molecule has 2 aliphatic heterocycles. The highest BCUT2D eigenvalue weighted by Gasteiger charge is 2.33. The van der Waals surface area contributed by atoms with Gasteiger partial charge in [-0.15, -0.1) is 0 Å². The van der Waals surface area contributed by atoms with Crippen LogP contribution in [0.5, 0.6) is 5.75 Å². The molecule has 1 amide bonds. The fraction of sp³-hybridized carbons (Fsp3) is 0.552. The number of ether oxygens (including phenoxy) is 3. The number of hydrogen-bond donors (Lipinski definition) is 2. The lowest BCUT2D eigenvalue weighted by Crippen LogP contribution is -2.46. The summed E-state index contributed by atoms with van der Waals surface area (Å²) in [6.45, 7) is 4.64. The molecule has 1 saturated heterocycles. The number of fused-ring (bicyclic) bond motifs is 1. The Balaban J connectivity index is 1.16. The molecule has 194 valence electrons. The van der Waals surface area contributed by atoms with Crippen LogP contribution < -0.4 is 10.1 Å². The van der Waals surface area contributed by atoms with Crippen molar-refractivity contribution in [2.24, 2.45) is 5.92 Å². The third-order valence-corrected chi connectivity index (χ3v) is 7.47. The summed E-state index contributed by atoms with van der Waals surface area (Å²) in [6, 6.07) is 14.7. The van der Waals surface area contributed by atoms with Gasteiger partial charge in [0.15, 0.2) is 0 Å². The number of hydrogen-bond acceptors (Lipinski definition) is 5. The van der Waals surface area contributed by atoms with Crippen LogP contribution in [0.3, 0.4) is 0 Å². The van der Waals surface area contributed by atoms with Gasteiger partial charge in [-0.05, 0) is 72.9 Å². The minimum atomic E-state index is -0.884. The van der Waals surface area contributed by atoms with Crippen molar-refractivity contribution in [3.63, 3.8) is 0 Å². The first-order valence-corrected chi connectivity index (χ1v) is 13.4. The van der Waals surface area contributed by atoms with E-state index in [1.165, 1.54) is 29.0 Å². The Morgan fingerprint density at radius 1 is 1.08 bits per heavy atom. The van der Waals surface area contributed by atoms with E-state index in [1.807, 2.05) is 12.1 Å². The van der Waals surface area contributed by atoms with Gasteiger partial charge in [-0.25, -0.2) is 4.79 Å². The number of amides is 1. The lowest BCUT2D eigenvalue weighted by molar-refractivity contribution is -0.0199. The van der Waals surface area contributed by atoms with E-state index in [9.17, 15) is 9.90 Å². The lowest BCUT2D eigenvalue weighted by atomic mass is 9.87. The van der Waals surface area contributed by atoms with Gasteiger partial charge in [-0.1, -0.05) is 24.3 Å². The second-order valence-corrected chi connectivity index (χ2v) is 10.3. The van der Waals surface area contributed by atoms with E-state index in [1.54, 1.807) is 0 Å². The summed E-state index contributed by atoms with van der Waals surface area (Å²) in [7, 11) is 0. The molecule has 5 rings (SSSR count). The SMILES string of the molecule is O=C(O)N1CC[C@H](c2ccc(OCCCOCC3CC3)cc2)[C@@H](OCc2ccc3c(c2)NCCC3)C1. The van der Waals surface area contributed by atoms with Gasteiger partial charge in [-0.2, -0.15) is 0 Å². The first kappa shape index (κ1) is 24.9. The number of likely N-dealkylation sites (tertiary alicyclic amines) is 1. The topological polar surface area (TPSA) is 80.3 Å². The van der Waals surface area contributed by atoms with Gasteiger partial charge in [0.2, 0.25) is 0 Å². The van der Waals surface area contributed by atoms with Crippen LogP contribution in [0.1, 0.15) is 54.7 Å². The van der Waals surface area contributed by atoms with Crippen LogP contribution in [0.4, 0.5) is 10.5 Å². The zero-order chi connectivity index (χ0) is 24.7. The van der Waals surface area contributed by atoms with Crippen LogP contribution in [-0.4, -0.2) is 61.7 Å². The monoisotopic (exact) mass is 494 g/mol. The first-order valence-electron chi connectivity index (χ1n) is 13.4. The summed E-state index contributed by atoms with van der Waals surface area (Å²) in [5.41, 5.74) is 4.82. The summed E-state index contributed by atoms with van der Waals surface area (Å²) >= 11 is 0. The Morgan fingerprint density at radius 2 is 1.94 bits per heavy atom. The molecule has 7 nitrogen and oxygen atoms in total. The minimum absolute atomic E-state index is 0.140. The maximum absolute atomic E-state index is 11.7. The van der Waals surface area contributed by atoms with Gasteiger partial charge in [0.1, 0.15) is 5.75 Å². The van der Waals surface area contributed by atoms with E-state index >= 15 is 0 Å². The van der Waals surface area contributed by atoms with Crippen molar-refractivity contribution in [1.82, 2.24) is 4.90 Å². The maximum Gasteiger partial charge on any atom is 0.407 e. The highest BCUT2D eigenvalue weighted by molar-refractivity contribution is 5.65. The molecule has 2 heterocycles. The van der Waals surface area contributed by atoms with Crippen LogP contribution in [0, 0.1) is 5.92 Å². The smallest absolute Gasteiger partial charge is 0.407 e. The largest absolute Gasteiger partial charge is 0.494 e. The molecule has 0 radical (unpaired) electrons. The standard InChI is InChI=1S/C29H38N2O5/c32-29(33)31-14-12-26(23-8-10-25(11-9-23)35-16-2-15-34-19-21-4-5-21)28(18-31)36-20-22-6-7-24-3-1-13-30-27(24)17-22/h6-11,17,21,26,28,30H,1-5,12-16,18-20H2,(H,32,33)/t26-,28+/m1/s1. The van der Waals surface area contributed by atoms with E-state index in [4.69, 9.17) is 14.2 Å². The van der Waals surface area contributed by atoms with Crippen molar-refractivity contribution in [1.29, 1.82) is 0 Å². The normalized spacial score (nSPS) is 21.5. The number of carbonyl (C=O) groups is 1. The van der Waals surface area contributed by atoms with Crippen molar-refractivity contribution >= 4 is 11.8 Å². The summed E-state index contributed by atoms with van der Waals surface area (Å²) in [6.07, 6.45) is 5.44. The summed E-state index contributed by atoms with van der Waals surface area (Å²) in [4.78, 5) is 13.1. The van der Waals surface area contributed by atoms with Crippen LogP contribution in [0.25, 0.3) is 0 Å². The maximum atomic E-state index is 11.7. The number of carboxylic acid groups (broad SMARTS) is 1. The van der Waals surface area contributed by atoms with Gasteiger partial charge in [0, 0.05) is 44.3 Å². The number of piperidine rings is 1. The van der Waals surface area contributed by atoms with Gasteiger partial charge in [-0.3, -0.25) is 0 Å². The lowest BCUT2D eigenvalue weighted by Gasteiger charge is -2.37. The van der Waals surface area contributed by atoms with Gasteiger partial charge >= 0.3 is 6.09 Å². The summed E-state index contributed by atoms with van der Waals surface area (Å²) in [5, 5.41) is 13.0. The molecule has 7 heteroatoms. The average Bonchev–Trinajstić information content (AvgIpc) is 3.74. The highest BCUT2D eigenvalue weighted by atomic mass is 16.5. The van der Waals surface area contributed by atoms with Crippen LogP contribution in [-0.2, 0) is 22.5 Å². The zero-order valence-corrected chi connectivity index (χ0v) is 21.0. The van der Waals surface area contributed by atoms with Crippen molar-refractivity contribution in [3.8, 4) is 5.75 Å². The molecule has 2 aromatic carbocycles. The predicted molar refractivity (Wildman–Crippen MR) is 139 cm³/mol. The molecule has 1 aliphatic carbocycles. The molecule has 2 aromatic rings. The van der Waals surface area contributed by atoms with Crippen molar-refractivity contribution in [3.05, 3.63) is 59.2 Å². The molecule has 36 heavy (non-hydrogen) atoms. The number of aryl methyl sites for hydroxylation is 1. The molecule has 0 unspecified atom stereocenters. The number of nitrogens with one attached hydrogen (secondary N) is 1. The quantitative estimate of drug-likeness (QED) is 0.413. The van der Waals surface area contributed by atoms with E-state index in [0.717, 1.165) is 68.2 Å². The van der Waals surface area contributed by atoms with Crippen molar-refractivity contribution in [2.45, 2.75) is 57.2 Å². The second-order valence-electron chi connectivity index (χ2n) is 10.3. The van der Waals surface area contributed by atoms with Crippen molar-refractivity contribution < 1.29 is 24.1 Å². The molecule has 1 saturated carbocycles. The highest BCUT2D eigenvalue weighted by Crippen LogP contribution is 2.33. The number of anilines is 1. The molecule has 0 spiro atoms. The van der Waals surface area contributed by atoms with E-state index in [0.29, 0.717) is 26.3 Å².